The highest BCUT2D eigenvalue weighted by atomic mass is 16.3. The van der Waals surface area contributed by atoms with E-state index in [1.54, 1.807) is 4.90 Å². The maximum absolute atomic E-state index is 13.1. The quantitative estimate of drug-likeness (QED) is 0.562. The van der Waals surface area contributed by atoms with Gasteiger partial charge in [0.1, 0.15) is 0 Å². The average molecular weight is 368 g/mol. The van der Waals surface area contributed by atoms with Gasteiger partial charge in [0.25, 0.3) is 5.91 Å². The number of benzene rings is 3. The topological polar surface area (TPSA) is 56.3 Å². The summed E-state index contributed by atoms with van der Waals surface area (Å²) in [6, 6.07) is 25.9. The third-order valence-corrected chi connectivity index (χ3v) is 5.48. The number of amides is 1. The molecule has 5 rings (SSSR count). The van der Waals surface area contributed by atoms with E-state index in [2.05, 4.69) is 29.2 Å². The lowest BCUT2D eigenvalue weighted by Crippen LogP contribution is -2.31. The molecule has 0 spiro atoms. The van der Waals surface area contributed by atoms with Gasteiger partial charge in [0, 0.05) is 28.6 Å². The molecule has 0 bridgehead atoms. The van der Waals surface area contributed by atoms with E-state index >= 15 is 0 Å². The number of aliphatic hydroxyl groups is 1. The first-order valence-electron chi connectivity index (χ1n) is 9.46. The molecule has 2 N–H and O–H groups in total. The summed E-state index contributed by atoms with van der Waals surface area (Å²) in [5.74, 6) is -0.0288. The van der Waals surface area contributed by atoms with E-state index in [4.69, 9.17) is 0 Å². The van der Waals surface area contributed by atoms with Gasteiger partial charge in [0.05, 0.1) is 18.3 Å². The maximum atomic E-state index is 13.1. The Morgan fingerprint density at radius 3 is 2.43 bits per heavy atom. The predicted octanol–water partition coefficient (Wildman–Crippen LogP) is 4.37. The van der Waals surface area contributed by atoms with E-state index in [-0.39, 0.29) is 18.6 Å². The molecule has 1 atom stereocenters. The summed E-state index contributed by atoms with van der Waals surface area (Å²) in [5, 5.41) is 10.7. The van der Waals surface area contributed by atoms with Crippen LogP contribution in [0.25, 0.3) is 22.2 Å². The Balaban J connectivity index is 1.82. The Morgan fingerprint density at radius 2 is 1.61 bits per heavy atom. The molecular formula is C24H20N2O2. The lowest BCUT2D eigenvalue weighted by Gasteiger charge is -2.26. The molecule has 1 aliphatic rings. The summed E-state index contributed by atoms with van der Waals surface area (Å²) in [6.07, 6.45) is 0. The Hall–Kier alpha value is -3.37. The second-order valence-electron chi connectivity index (χ2n) is 7.04. The summed E-state index contributed by atoms with van der Waals surface area (Å²) < 4.78 is 0. The van der Waals surface area contributed by atoms with Gasteiger partial charge in [0.15, 0.2) is 0 Å². The molecule has 138 valence electrons. The van der Waals surface area contributed by atoms with Crippen molar-refractivity contribution in [2.45, 2.75) is 6.04 Å². The van der Waals surface area contributed by atoms with E-state index in [0.29, 0.717) is 12.1 Å². The molecular weight excluding hydrogens is 348 g/mol. The number of hydrogen-bond donors (Lipinski definition) is 2. The second-order valence-corrected chi connectivity index (χ2v) is 7.04. The zero-order valence-electron chi connectivity index (χ0n) is 15.3. The molecule has 4 aromatic rings. The molecule has 0 saturated heterocycles. The molecule has 0 fully saturated rings. The predicted molar refractivity (Wildman–Crippen MR) is 110 cm³/mol. The number of H-pyrrole nitrogens is 1. The second kappa shape index (κ2) is 6.66. The Labute approximate surface area is 163 Å². The van der Waals surface area contributed by atoms with Gasteiger partial charge in [0.2, 0.25) is 0 Å². The zero-order chi connectivity index (χ0) is 19.1. The number of nitrogens with one attached hydrogen (secondary N) is 1. The van der Waals surface area contributed by atoms with Crippen molar-refractivity contribution in [3.05, 3.63) is 95.6 Å². The van der Waals surface area contributed by atoms with Crippen LogP contribution < -0.4 is 0 Å². The van der Waals surface area contributed by atoms with E-state index < -0.39 is 0 Å². The van der Waals surface area contributed by atoms with E-state index in [9.17, 15) is 9.90 Å². The SMILES string of the molecule is O=C1c2ccccc2[C@@H](c2c(-c3ccccc3)[nH]c3ccccc23)N1CCO. The van der Waals surface area contributed by atoms with Crippen LogP contribution in [0.1, 0.15) is 27.5 Å². The van der Waals surface area contributed by atoms with Crippen molar-refractivity contribution < 1.29 is 9.90 Å². The van der Waals surface area contributed by atoms with Gasteiger partial charge in [-0.25, -0.2) is 0 Å². The lowest BCUT2D eigenvalue weighted by atomic mass is 9.93. The fourth-order valence-corrected chi connectivity index (χ4v) is 4.30. The van der Waals surface area contributed by atoms with Gasteiger partial charge in [-0.3, -0.25) is 4.79 Å². The number of aromatic nitrogens is 1. The average Bonchev–Trinajstić information content (AvgIpc) is 3.25. The number of aromatic amines is 1. The number of fused-ring (bicyclic) bond motifs is 2. The van der Waals surface area contributed by atoms with Crippen LogP contribution in [-0.4, -0.2) is 34.0 Å². The molecule has 0 unspecified atom stereocenters. The number of rotatable bonds is 4. The first-order chi connectivity index (χ1) is 13.8. The normalized spacial score (nSPS) is 16.0. The number of carbonyl (C=O) groups excluding carboxylic acids is 1. The number of β-amino-alcohol motifs (C(OH)–C–C–N with tert-alkyl or cyclic N) is 1. The standard InChI is InChI=1S/C24H20N2O2/c27-15-14-26-23(17-10-4-5-11-18(17)24(26)28)21-19-12-6-7-13-20(19)25-22(21)16-8-2-1-3-9-16/h1-13,23,25,27H,14-15H2/t23-/m0/s1. The number of aliphatic hydroxyl groups excluding tert-OH is 1. The van der Waals surface area contributed by atoms with Gasteiger partial charge in [-0.1, -0.05) is 66.7 Å². The highest BCUT2D eigenvalue weighted by Crippen LogP contribution is 2.45. The molecule has 1 amide bonds. The summed E-state index contributed by atoms with van der Waals surface area (Å²) in [7, 11) is 0. The van der Waals surface area contributed by atoms with Crippen LogP contribution in [-0.2, 0) is 0 Å². The lowest BCUT2D eigenvalue weighted by molar-refractivity contribution is 0.0713. The number of carbonyl (C=O) groups is 1. The molecule has 4 heteroatoms. The van der Waals surface area contributed by atoms with E-state index in [0.717, 1.165) is 33.3 Å². The maximum Gasteiger partial charge on any atom is 0.255 e. The van der Waals surface area contributed by atoms with Gasteiger partial charge in [-0.2, -0.15) is 0 Å². The van der Waals surface area contributed by atoms with Gasteiger partial charge < -0.3 is 15.0 Å². The highest BCUT2D eigenvalue weighted by molar-refractivity contribution is 6.02. The van der Waals surface area contributed by atoms with Crippen molar-refractivity contribution in [1.82, 2.24) is 9.88 Å². The molecule has 4 nitrogen and oxygen atoms in total. The van der Waals surface area contributed by atoms with Crippen LogP contribution in [0.15, 0.2) is 78.9 Å². The molecule has 28 heavy (non-hydrogen) atoms. The van der Waals surface area contributed by atoms with E-state index in [1.165, 1.54) is 0 Å². The minimum absolute atomic E-state index is 0.0288. The van der Waals surface area contributed by atoms with Gasteiger partial charge >= 0.3 is 0 Å². The first-order valence-corrected chi connectivity index (χ1v) is 9.46. The Bertz CT molecular complexity index is 1160. The van der Waals surface area contributed by atoms with Crippen LogP contribution >= 0.6 is 0 Å². The summed E-state index contributed by atoms with van der Waals surface area (Å²) in [4.78, 5) is 18.4. The van der Waals surface area contributed by atoms with Gasteiger partial charge in [-0.05, 0) is 23.3 Å². The Kier molecular flexibility index (Phi) is 3.99. The number of nitrogens with zero attached hydrogens (tertiary/aromatic N) is 1. The van der Waals surface area contributed by atoms with Crippen molar-refractivity contribution in [2.75, 3.05) is 13.2 Å². The summed E-state index contributed by atoms with van der Waals surface area (Å²) >= 11 is 0. The van der Waals surface area contributed by atoms with Crippen molar-refractivity contribution in [2.24, 2.45) is 0 Å². The van der Waals surface area contributed by atoms with Crippen LogP contribution in [0.2, 0.25) is 0 Å². The zero-order valence-corrected chi connectivity index (χ0v) is 15.3. The van der Waals surface area contributed by atoms with Crippen molar-refractivity contribution in [1.29, 1.82) is 0 Å². The molecule has 1 aliphatic heterocycles. The van der Waals surface area contributed by atoms with E-state index in [1.807, 2.05) is 54.6 Å². The molecule has 2 heterocycles. The third kappa shape index (κ3) is 2.46. The van der Waals surface area contributed by atoms with Crippen LogP contribution in [0, 0.1) is 0 Å². The van der Waals surface area contributed by atoms with Crippen LogP contribution in [0.5, 0.6) is 0 Å². The minimum Gasteiger partial charge on any atom is -0.395 e. The number of hydrogen-bond acceptors (Lipinski definition) is 2. The van der Waals surface area contributed by atoms with Gasteiger partial charge in [-0.15, -0.1) is 0 Å². The largest absolute Gasteiger partial charge is 0.395 e. The van der Waals surface area contributed by atoms with Crippen molar-refractivity contribution in [3.63, 3.8) is 0 Å². The summed E-state index contributed by atoms with van der Waals surface area (Å²) in [5.41, 5.74) is 5.91. The highest BCUT2D eigenvalue weighted by Gasteiger charge is 2.39. The molecule has 1 aromatic heterocycles. The molecule has 0 saturated carbocycles. The fraction of sp³-hybridized carbons (Fsp3) is 0.125. The smallest absolute Gasteiger partial charge is 0.255 e. The minimum atomic E-state index is -0.234. The van der Waals surface area contributed by atoms with Crippen LogP contribution in [0.3, 0.4) is 0 Å². The van der Waals surface area contributed by atoms with Crippen molar-refractivity contribution >= 4 is 16.8 Å². The molecule has 3 aromatic carbocycles. The summed E-state index contributed by atoms with van der Waals surface area (Å²) in [6.45, 7) is 0.227. The third-order valence-electron chi connectivity index (χ3n) is 5.48. The Morgan fingerprint density at radius 1 is 0.893 bits per heavy atom. The first kappa shape index (κ1) is 16.8. The van der Waals surface area contributed by atoms with Crippen LogP contribution in [0.4, 0.5) is 0 Å². The monoisotopic (exact) mass is 368 g/mol. The fourth-order valence-electron chi connectivity index (χ4n) is 4.30. The number of para-hydroxylation sites is 1. The van der Waals surface area contributed by atoms with Crippen molar-refractivity contribution in [3.8, 4) is 11.3 Å². The molecule has 0 radical (unpaired) electrons. The molecule has 0 aliphatic carbocycles.